The summed E-state index contributed by atoms with van der Waals surface area (Å²) in [4.78, 5) is 11.3. The van der Waals surface area contributed by atoms with E-state index in [2.05, 4.69) is 4.74 Å². The van der Waals surface area contributed by atoms with Crippen LogP contribution in [0.3, 0.4) is 0 Å². The average Bonchev–Trinajstić information content (AvgIpc) is 2.25. The predicted octanol–water partition coefficient (Wildman–Crippen LogP) is 3.04. The standard InChI is InChI=1S/C12H10F4O3/c13-10(14)19-8-4-2-1-3-7(8)11(9(17)18)5-12(15,16)6-11/h1-4,10H,5-6H2,(H,17,18). The van der Waals surface area contributed by atoms with Crippen LogP contribution >= 0.6 is 0 Å². The Balaban J connectivity index is 2.42. The van der Waals surface area contributed by atoms with Crippen LogP contribution < -0.4 is 4.74 Å². The molecule has 1 fully saturated rings. The molecule has 1 aliphatic rings. The van der Waals surface area contributed by atoms with Crippen molar-refractivity contribution in [2.75, 3.05) is 0 Å². The number of hydrogen-bond acceptors (Lipinski definition) is 2. The number of carbonyl (C=O) groups is 1. The normalized spacial score (nSPS) is 19.8. The van der Waals surface area contributed by atoms with Gasteiger partial charge >= 0.3 is 12.6 Å². The SMILES string of the molecule is O=C(O)C1(c2ccccc2OC(F)F)CC(F)(F)C1. The molecule has 1 aliphatic carbocycles. The number of ether oxygens (including phenoxy) is 1. The fourth-order valence-electron chi connectivity index (χ4n) is 2.35. The second-order valence-corrected chi connectivity index (χ2v) is 4.47. The first-order valence-electron chi connectivity index (χ1n) is 5.42. The van der Waals surface area contributed by atoms with Crippen LogP contribution in [0.4, 0.5) is 17.6 Å². The van der Waals surface area contributed by atoms with Crippen molar-refractivity contribution in [3.63, 3.8) is 0 Å². The molecule has 0 atom stereocenters. The summed E-state index contributed by atoms with van der Waals surface area (Å²) in [6.07, 6.45) is -1.84. The van der Waals surface area contributed by atoms with E-state index in [1.807, 2.05) is 0 Å². The Labute approximate surface area is 105 Å². The minimum Gasteiger partial charge on any atom is -0.481 e. The first-order valence-corrected chi connectivity index (χ1v) is 5.42. The zero-order valence-corrected chi connectivity index (χ0v) is 9.58. The van der Waals surface area contributed by atoms with Gasteiger partial charge in [-0.15, -0.1) is 0 Å². The van der Waals surface area contributed by atoms with Crippen molar-refractivity contribution in [2.45, 2.75) is 30.8 Å². The minimum absolute atomic E-state index is 0.145. The maximum absolute atomic E-state index is 13.0. The number of hydrogen-bond donors (Lipinski definition) is 1. The van der Waals surface area contributed by atoms with Crippen LogP contribution in [0.25, 0.3) is 0 Å². The third-order valence-corrected chi connectivity index (χ3v) is 3.15. The van der Waals surface area contributed by atoms with E-state index in [1.54, 1.807) is 0 Å². The first kappa shape index (κ1) is 13.6. The highest BCUT2D eigenvalue weighted by Crippen LogP contribution is 2.55. The maximum Gasteiger partial charge on any atom is 0.387 e. The molecule has 7 heteroatoms. The zero-order valence-electron chi connectivity index (χ0n) is 9.58. The van der Waals surface area contributed by atoms with E-state index < -0.39 is 36.8 Å². The van der Waals surface area contributed by atoms with Crippen molar-refractivity contribution in [1.82, 2.24) is 0 Å². The highest BCUT2D eigenvalue weighted by Gasteiger charge is 2.63. The molecule has 1 aromatic rings. The van der Waals surface area contributed by atoms with Crippen molar-refractivity contribution in [3.8, 4) is 5.75 Å². The van der Waals surface area contributed by atoms with Crippen LogP contribution in [-0.2, 0) is 10.2 Å². The van der Waals surface area contributed by atoms with Crippen LogP contribution in [0.2, 0.25) is 0 Å². The molecule has 2 rings (SSSR count). The lowest BCUT2D eigenvalue weighted by Gasteiger charge is -2.44. The molecular formula is C12H10F4O3. The summed E-state index contributed by atoms with van der Waals surface area (Å²) in [5, 5.41) is 9.15. The Bertz CT molecular complexity index is 494. The van der Waals surface area contributed by atoms with E-state index in [4.69, 9.17) is 5.11 Å². The molecule has 0 aromatic heterocycles. The molecule has 0 amide bonds. The molecule has 0 spiro atoms. The van der Waals surface area contributed by atoms with E-state index >= 15 is 0 Å². The highest BCUT2D eigenvalue weighted by molar-refractivity contribution is 5.84. The Morgan fingerprint density at radius 1 is 1.26 bits per heavy atom. The summed E-state index contributed by atoms with van der Waals surface area (Å²) in [7, 11) is 0. The van der Waals surface area contributed by atoms with Crippen LogP contribution in [0.5, 0.6) is 5.75 Å². The van der Waals surface area contributed by atoms with Crippen molar-refractivity contribution in [1.29, 1.82) is 0 Å². The van der Waals surface area contributed by atoms with Crippen LogP contribution in [0.15, 0.2) is 24.3 Å². The summed E-state index contributed by atoms with van der Waals surface area (Å²) in [6.45, 7) is -3.15. The highest BCUT2D eigenvalue weighted by atomic mass is 19.3. The van der Waals surface area contributed by atoms with Gasteiger partial charge < -0.3 is 9.84 Å². The molecule has 3 nitrogen and oxygen atoms in total. The summed E-state index contributed by atoms with van der Waals surface area (Å²) in [6, 6.07) is 5.13. The van der Waals surface area contributed by atoms with E-state index in [9.17, 15) is 22.4 Å². The third kappa shape index (κ3) is 2.36. The van der Waals surface area contributed by atoms with Crippen LogP contribution in [-0.4, -0.2) is 23.6 Å². The third-order valence-electron chi connectivity index (χ3n) is 3.15. The zero-order chi connectivity index (χ0) is 14.3. The number of carboxylic acids is 1. The number of halogens is 4. The molecule has 1 saturated carbocycles. The molecule has 1 N–H and O–H groups in total. The molecule has 0 heterocycles. The Morgan fingerprint density at radius 2 is 1.84 bits per heavy atom. The predicted molar refractivity (Wildman–Crippen MR) is 56.6 cm³/mol. The van der Waals surface area contributed by atoms with Gasteiger partial charge in [-0.2, -0.15) is 8.78 Å². The van der Waals surface area contributed by atoms with Gasteiger partial charge in [-0.3, -0.25) is 4.79 Å². The average molecular weight is 278 g/mol. The maximum atomic E-state index is 13.0. The lowest BCUT2D eigenvalue weighted by Crippen LogP contribution is -2.54. The molecule has 0 radical (unpaired) electrons. The van der Waals surface area contributed by atoms with Gasteiger partial charge in [-0.05, 0) is 6.07 Å². The molecule has 1 aromatic carbocycles. The van der Waals surface area contributed by atoms with E-state index in [0.717, 1.165) is 6.07 Å². The Kier molecular flexibility index (Phi) is 3.15. The van der Waals surface area contributed by atoms with Gasteiger partial charge in [0.25, 0.3) is 5.92 Å². The lowest BCUT2D eigenvalue weighted by atomic mass is 9.62. The molecule has 0 aliphatic heterocycles. The number of carboxylic acid groups (broad SMARTS) is 1. The monoisotopic (exact) mass is 278 g/mol. The number of rotatable bonds is 4. The summed E-state index contributed by atoms with van der Waals surface area (Å²) >= 11 is 0. The van der Waals surface area contributed by atoms with Crippen LogP contribution in [0, 0.1) is 0 Å². The van der Waals surface area contributed by atoms with Crippen molar-refractivity contribution in [3.05, 3.63) is 29.8 Å². The first-order chi connectivity index (χ1) is 8.77. The largest absolute Gasteiger partial charge is 0.481 e. The lowest BCUT2D eigenvalue weighted by molar-refractivity contribution is -0.174. The van der Waals surface area contributed by atoms with Crippen LogP contribution in [0.1, 0.15) is 18.4 Å². The summed E-state index contributed by atoms with van der Waals surface area (Å²) < 4.78 is 54.7. The number of alkyl halides is 4. The number of para-hydroxylation sites is 1. The second kappa shape index (κ2) is 4.40. The van der Waals surface area contributed by atoms with Crippen molar-refractivity contribution >= 4 is 5.97 Å². The summed E-state index contributed by atoms with van der Waals surface area (Å²) in [5.74, 6) is -4.95. The molecule has 0 bridgehead atoms. The van der Waals surface area contributed by atoms with Crippen molar-refractivity contribution in [2.24, 2.45) is 0 Å². The van der Waals surface area contributed by atoms with E-state index in [-0.39, 0.29) is 11.3 Å². The summed E-state index contributed by atoms with van der Waals surface area (Å²) in [5.41, 5.74) is -2.01. The molecule has 0 saturated heterocycles. The van der Waals surface area contributed by atoms with Gasteiger partial charge in [0.1, 0.15) is 11.2 Å². The van der Waals surface area contributed by atoms with Gasteiger partial charge in [-0.1, -0.05) is 18.2 Å². The van der Waals surface area contributed by atoms with Crippen molar-refractivity contribution < 1.29 is 32.2 Å². The number of aliphatic carboxylic acids is 1. The fourth-order valence-corrected chi connectivity index (χ4v) is 2.35. The molecule has 104 valence electrons. The van der Waals surface area contributed by atoms with E-state index in [0.29, 0.717) is 0 Å². The minimum atomic E-state index is -3.15. The van der Waals surface area contributed by atoms with Gasteiger partial charge in [0.15, 0.2) is 0 Å². The van der Waals surface area contributed by atoms with E-state index in [1.165, 1.54) is 18.2 Å². The van der Waals surface area contributed by atoms with Gasteiger partial charge in [0.05, 0.1) is 0 Å². The molecule has 19 heavy (non-hydrogen) atoms. The van der Waals surface area contributed by atoms with Gasteiger partial charge in [0.2, 0.25) is 0 Å². The number of benzene rings is 1. The van der Waals surface area contributed by atoms with Gasteiger partial charge in [0, 0.05) is 18.4 Å². The fraction of sp³-hybridized carbons (Fsp3) is 0.417. The second-order valence-electron chi connectivity index (χ2n) is 4.47. The quantitative estimate of drug-likeness (QED) is 0.861. The molecule has 0 unspecified atom stereocenters. The smallest absolute Gasteiger partial charge is 0.387 e. The Morgan fingerprint density at radius 3 is 2.32 bits per heavy atom. The van der Waals surface area contributed by atoms with Gasteiger partial charge in [-0.25, -0.2) is 8.78 Å². The topological polar surface area (TPSA) is 46.5 Å². The Hall–Kier alpha value is -1.79. The molecular weight excluding hydrogens is 268 g/mol.